The summed E-state index contributed by atoms with van der Waals surface area (Å²) >= 11 is 0. The Bertz CT molecular complexity index is 1440. The predicted octanol–water partition coefficient (Wildman–Crippen LogP) is 4.93. The van der Waals surface area contributed by atoms with Crippen molar-refractivity contribution < 1.29 is 27.5 Å². The molecule has 0 aliphatic rings. The molecule has 0 saturated carbocycles. The Morgan fingerprint density at radius 1 is 0.929 bits per heavy atom. The first-order valence-corrected chi connectivity index (χ1v) is 15.5. The number of amides is 2. The van der Waals surface area contributed by atoms with E-state index in [9.17, 15) is 18.0 Å². The van der Waals surface area contributed by atoms with Crippen molar-refractivity contribution in [3.05, 3.63) is 83.9 Å². The number of carbonyl (C=O) groups is 2. The number of nitrogens with zero attached hydrogens (tertiary/aromatic N) is 2. The molecule has 9 nitrogen and oxygen atoms in total. The van der Waals surface area contributed by atoms with Crippen molar-refractivity contribution in [3.8, 4) is 11.5 Å². The third kappa shape index (κ3) is 8.03. The van der Waals surface area contributed by atoms with Gasteiger partial charge in [0, 0.05) is 13.1 Å². The van der Waals surface area contributed by atoms with E-state index in [1.165, 1.54) is 31.3 Å². The highest BCUT2D eigenvalue weighted by Crippen LogP contribution is 2.33. The van der Waals surface area contributed by atoms with Crippen molar-refractivity contribution in [1.29, 1.82) is 0 Å². The summed E-state index contributed by atoms with van der Waals surface area (Å²) in [7, 11) is -1.30. The van der Waals surface area contributed by atoms with Crippen molar-refractivity contribution in [2.75, 3.05) is 31.6 Å². The first-order valence-electron chi connectivity index (χ1n) is 14.1. The minimum absolute atomic E-state index is 0.0170. The van der Waals surface area contributed by atoms with Crippen LogP contribution in [0, 0.1) is 6.92 Å². The second-order valence-corrected chi connectivity index (χ2v) is 11.8. The van der Waals surface area contributed by atoms with Gasteiger partial charge in [-0.05, 0) is 61.7 Å². The molecule has 0 bridgehead atoms. The molecule has 0 fully saturated rings. The molecular weight excluding hydrogens is 554 g/mol. The molecule has 0 spiro atoms. The summed E-state index contributed by atoms with van der Waals surface area (Å²) in [5, 5.41) is 2.94. The Labute approximate surface area is 249 Å². The third-order valence-corrected chi connectivity index (χ3v) is 8.70. The van der Waals surface area contributed by atoms with E-state index >= 15 is 0 Å². The van der Waals surface area contributed by atoms with Gasteiger partial charge in [0.1, 0.15) is 24.1 Å². The van der Waals surface area contributed by atoms with Crippen LogP contribution in [0.3, 0.4) is 0 Å². The molecule has 42 heavy (non-hydrogen) atoms. The van der Waals surface area contributed by atoms with Crippen LogP contribution in [0.25, 0.3) is 0 Å². The number of ether oxygens (including phenoxy) is 2. The number of para-hydroxylation sites is 2. The van der Waals surface area contributed by atoms with Gasteiger partial charge >= 0.3 is 0 Å². The van der Waals surface area contributed by atoms with Crippen LogP contribution in [0.15, 0.2) is 77.7 Å². The smallest absolute Gasteiger partial charge is 0.264 e. The molecule has 2 amide bonds. The number of rotatable bonds is 15. The summed E-state index contributed by atoms with van der Waals surface area (Å²) in [5.41, 5.74) is 2.06. The van der Waals surface area contributed by atoms with Crippen LogP contribution in [0.1, 0.15) is 44.2 Å². The molecule has 0 radical (unpaired) electrons. The lowest BCUT2D eigenvalue weighted by Gasteiger charge is -2.33. The van der Waals surface area contributed by atoms with Gasteiger partial charge in [0.15, 0.2) is 0 Å². The summed E-state index contributed by atoms with van der Waals surface area (Å²) < 4.78 is 39.9. The maximum Gasteiger partial charge on any atom is 0.264 e. The minimum atomic E-state index is -4.24. The quantitative estimate of drug-likeness (QED) is 0.250. The van der Waals surface area contributed by atoms with E-state index < -0.39 is 28.5 Å². The van der Waals surface area contributed by atoms with Gasteiger partial charge < -0.3 is 19.7 Å². The van der Waals surface area contributed by atoms with E-state index in [2.05, 4.69) is 5.32 Å². The van der Waals surface area contributed by atoms with Crippen LogP contribution in [0.4, 0.5) is 5.69 Å². The zero-order chi connectivity index (χ0) is 30.7. The molecule has 0 aromatic heterocycles. The average molecular weight is 596 g/mol. The number of nitrogens with one attached hydrogen (secondary N) is 1. The Morgan fingerprint density at radius 2 is 1.64 bits per heavy atom. The lowest BCUT2D eigenvalue weighted by Crippen LogP contribution is -2.52. The van der Waals surface area contributed by atoms with Crippen molar-refractivity contribution in [1.82, 2.24) is 10.2 Å². The summed E-state index contributed by atoms with van der Waals surface area (Å²) in [6.07, 6.45) is 2.09. The monoisotopic (exact) mass is 595 g/mol. The fraction of sp³-hybridized carbons (Fsp3) is 0.375. The van der Waals surface area contributed by atoms with Crippen LogP contribution in [-0.2, 0) is 26.2 Å². The molecule has 0 unspecified atom stereocenters. The van der Waals surface area contributed by atoms with Crippen molar-refractivity contribution in [2.45, 2.75) is 57.5 Å². The lowest BCUT2D eigenvalue weighted by atomic mass is 10.1. The van der Waals surface area contributed by atoms with Gasteiger partial charge in [-0.1, -0.05) is 62.2 Å². The topological polar surface area (TPSA) is 105 Å². The molecule has 0 aliphatic heterocycles. The second kappa shape index (κ2) is 15.3. The molecule has 0 heterocycles. The highest BCUT2D eigenvalue weighted by Gasteiger charge is 2.34. The fourth-order valence-corrected chi connectivity index (χ4v) is 6.08. The van der Waals surface area contributed by atoms with Gasteiger partial charge in [-0.2, -0.15) is 0 Å². The number of hydrogen-bond acceptors (Lipinski definition) is 6. The Morgan fingerprint density at radius 3 is 2.26 bits per heavy atom. The van der Waals surface area contributed by atoms with E-state index in [1.807, 2.05) is 45.0 Å². The summed E-state index contributed by atoms with van der Waals surface area (Å²) in [6, 6.07) is 19.5. The number of aryl methyl sites for hydroxylation is 1. The van der Waals surface area contributed by atoms with Gasteiger partial charge in [-0.25, -0.2) is 8.42 Å². The molecule has 3 rings (SSSR count). The fourth-order valence-electron chi connectivity index (χ4n) is 4.66. The normalized spacial score (nSPS) is 11.8. The molecule has 0 saturated heterocycles. The molecule has 1 N–H and O–H groups in total. The largest absolute Gasteiger partial charge is 0.497 e. The van der Waals surface area contributed by atoms with Gasteiger partial charge in [-0.15, -0.1) is 0 Å². The number of benzene rings is 3. The Balaban J connectivity index is 2.08. The van der Waals surface area contributed by atoms with Crippen LogP contribution < -0.4 is 19.1 Å². The van der Waals surface area contributed by atoms with Gasteiger partial charge in [0.25, 0.3) is 10.0 Å². The van der Waals surface area contributed by atoms with Gasteiger partial charge in [0.2, 0.25) is 11.8 Å². The third-order valence-electron chi connectivity index (χ3n) is 6.93. The summed E-state index contributed by atoms with van der Waals surface area (Å²) in [4.78, 5) is 29.0. The lowest BCUT2D eigenvalue weighted by molar-refractivity contribution is -0.140. The first kappa shape index (κ1) is 32.5. The predicted molar refractivity (Wildman–Crippen MR) is 164 cm³/mol. The maximum atomic E-state index is 14.2. The standard InChI is InChI=1S/C32H41N3O6S/c1-6-8-20-33-32(37)28(7-2)34(22-25-13-11-12-24(3)21-25)31(36)23-35(29-14-9-10-15-30(29)41-5)42(38,39)27-18-16-26(40-4)17-19-27/h9-19,21,28H,6-8,20,22-23H2,1-5H3,(H,33,37)/t28-/m1/s1. The Kier molecular flexibility index (Phi) is 11.8. The van der Waals surface area contributed by atoms with E-state index in [0.29, 0.717) is 18.7 Å². The zero-order valence-electron chi connectivity index (χ0n) is 25.0. The number of carbonyl (C=O) groups excluding carboxylic acids is 2. The number of unbranched alkanes of at least 4 members (excludes halogenated alkanes) is 1. The van der Waals surface area contributed by atoms with E-state index in [-0.39, 0.29) is 28.8 Å². The molecule has 1 atom stereocenters. The molecule has 3 aromatic rings. The van der Waals surface area contributed by atoms with E-state index in [1.54, 1.807) is 36.4 Å². The number of hydrogen-bond donors (Lipinski definition) is 1. The SMILES string of the molecule is CCCCNC(=O)[C@@H](CC)N(Cc1cccc(C)c1)C(=O)CN(c1ccccc1OC)S(=O)(=O)c1ccc(OC)cc1. The Hall–Kier alpha value is -4.05. The zero-order valence-corrected chi connectivity index (χ0v) is 25.8. The highest BCUT2D eigenvalue weighted by molar-refractivity contribution is 7.92. The minimum Gasteiger partial charge on any atom is -0.497 e. The van der Waals surface area contributed by atoms with Gasteiger partial charge in [0.05, 0.1) is 24.8 Å². The van der Waals surface area contributed by atoms with Crippen LogP contribution >= 0.6 is 0 Å². The second-order valence-electron chi connectivity index (χ2n) is 9.94. The van der Waals surface area contributed by atoms with Crippen molar-refractivity contribution in [2.24, 2.45) is 0 Å². The number of anilines is 1. The van der Waals surface area contributed by atoms with Crippen molar-refractivity contribution in [3.63, 3.8) is 0 Å². The number of sulfonamides is 1. The molecule has 10 heteroatoms. The van der Waals surface area contributed by atoms with Crippen LogP contribution in [0.5, 0.6) is 11.5 Å². The van der Waals surface area contributed by atoms with Crippen LogP contribution in [-0.4, -0.2) is 58.5 Å². The first-order chi connectivity index (χ1) is 20.2. The molecule has 226 valence electrons. The van der Waals surface area contributed by atoms with E-state index in [0.717, 1.165) is 28.3 Å². The molecule has 3 aromatic carbocycles. The molecule has 0 aliphatic carbocycles. The van der Waals surface area contributed by atoms with Gasteiger partial charge in [-0.3, -0.25) is 13.9 Å². The summed E-state index contributed by atoms with van der Waals surface area (Å²) in [6.45, 7) is 5.92. The molecular formula is C32H41N3O6S. The van der Waals surface area contributed by atoms with E-state index in [4.69, 9.17) is 9.47 Å². The highest BCUT2D eigenvalue weighted by atomic mass is 32.2. The summed E-state index contributed by atoms with van der Waals surface area (Å²) in [5.74, 6) is 0.000776. The number of methoxy groups -OCH3 is 2. The average Bonchev–Trinajstić information content (AvgIpc) is 2.99. The van der Waals surface area contributed by atoms with Crippen LogP contribution in [0.2, 0.25) is 0 Å². The maximum absolute atomic E-state index is 14.2. The van der Waals surface area contributed by atoms with Crippen molar-refractivity contribution >= 4 is 27.5 Å².